The van der Waals surface area contributed by atoms with Crippen LogP contribution in [0.5, 0.6) is 0 Å². The zero-order chi connectivity index (χ0) is 25.7. The monoisotopic (exact) mass is 514 g/mol. The van der Waals surface area contributed by atoms with Gasteiger partial charge in [-0.1, -0.05) is 31.2 Å². The summed E-state index contributed by atoms with van der Waals surface area (Å²) in [6.45, 7) is 6.37. The van der Waals surface area contributed by atoms with Crippen molar-refractivity contribution in [3.8, 4) is 0 Å². The molecule has 0 aliphatic carbocycles. The van der Waals surface area contributed by atoms with Crippen LogP contribution in [0.4, 0.5) is 0 Å². The topological polar surface area (TPSA) is 129 Å². The summed E-state index contributed by atoms with van der Waals surface area (Å²) in [7, 11) is 0. The Morgan fingerprint density at radius 1 is 1.22 bits per heavy atom. The highest BCUT2D eigenvalue weighted by Crippen LogP contribution is 2.71. The Morgan fingerprint density at radius 2 is 2.00 bits per heavy atom. The van der Waals surface area contributed by atoms with Crippen LogP contribution in [-0.4, -0.2) is 77.5 Å². The number of para-hydroxylation sites is 1. The molecular weight excluding hydrogens is 480 g/mol. The summed E-state index contributed by atoms with van der Waals surface area (Å²) in [5, 5.41) is 24.4. The summed E-state index contributed by atoms with van der Waals surface area (Å²) in [6, 6.07) is 6.23. The molecule has 3 aliphatic heterocycles. The van der Waals surface area contributed by atoms with Crippen LogP contribution in [0.15, 0.2) is 24.3 Å². The van der Waals surface area contributed by atoms with E-state index in [2.05, 4.69) is 27.9 Å². The van der Waals surface area contributed by atoms with Crippen LogP contribution in [0.3, 0.4) is 0 Å². The summed E-state index contributed by atoms with van der Waals surface area (Å²) in [4.78, 5) is 42.8. The Labute approximate surface area is 214 Å². The number of nitrogens with zero attached hydrogens (tertiary/aromatic N) is 4. The summed E-state index contributed by atoms with van der Waals surface area (Å²) in [5.41, 5.74) is 1.53. The molecule has 10 nitrogen and oxygen atoms in total. The highest BCUT2D eigenvalue weighted by molar-refractivity contribution is 8.02. The van der Waals surface area contributed by atoms with Gasteiger partial charge in [-0.05, 0) is 44.7 Å². The predicted octanol–water partition coefficient (Wildman–Crippen LogP) is 1.28. The Bertz CT molecular complexity index is 1180. The number of aromatic nitrogens is 3. The van der Waals surface area contributed by atoms with E-state index in [1.807, 2.05) is 38.1 Å². The van der Waals surface area contributed by atoms with Crippen molar-refractivity contribution >= 4 is 40.5 Å². The third-order valence-corrected chi connectivity index (χ3v) is 10.2. The largest absolute Gasteiger partial charge is 0.394 e. The second kappa shape index (κ2) is 9.33. The molecule has 3 amide bonds. The van der Waals surface area contributed by atoms with Crippen molar-refractivity contribution in [3.63, 3.8) is 0 Å². The number of fused-ring (bicyclic) bond motifs is 2. The molecule has 11 heteroatoms. The number of thioether (sulfide) groups is 1. The molecule has 1 aromatic heterocycles. The van der Waals surface area contributed by atoms with Crippen LogP contribution in [0.25, 0.3) is 11.0 Å². The number of aliphatic hydroxyl groups excluding tert-OH is 1. The number of benzene rings is 1. The van der Waals surface area contributed by atoms with Crippen molar-refractivity contribution < 1.29 is 19.5 Å². The summed E-state index contributed by atoms with van der Waals surface area (Å²) < 4.78 is 0.497. The maximum Gasteiger partial charge on any atom is 0.245 e. The van der Waals surface area contributed by atoms with Gasteiger partial charge in [-0.25, -0.2) is 4.68 Å². The van der Waals surface area contributed by atoms with Gasteiger partial charge < -0.3 is 20.6 Å². The number of aliphatic hydroxyl groups is 1. The normalized spacial score (nSPS) is 31.6. The molecule has 3 fully saturated rings. The van der Waals surface area contributed by atoms with E-state index in [0.717, 1.165) is 23.9 Å². The van der Waals surface area contributed by atoms with Gasteiger partial charge in [0.25, 0.3) is 0 Å². The fourth-order valence-electron chi connectivity index (χ4n) is 6.51. The molecule has 2 aromatic rings. The number of hydrogen-bond donors (Lipinski definition) is 3. The minimum atomic E-state index is -0.780. The van der Waals surface area contributed by atoms with Crippen molar-refractivity contribution in [3.05, 3.63) is 24.3 Å². The number of amides is 3. The van der Waals surface area contributed by atoms with E-state index >= 15 is 0 Å². The maximum atomic E-state index is 14.0. The molecule has 194 valence electrons. The first kappa shape index (κ1) is 25.0. The fraction of sp³-hybridized carbons (Fsp3) is 0.640. The third-order valence-electron chi connectivity index (χ3n) is 8.19. The second-order valence-corrected chi connectivity index (χ2v) is 12.2. The molecule has 36 heavy (non-hydrogen) atoms. The molecule has 2 unspecified atom stereocenters. The number of hydrogen-bond acceptors (Lipinski definition) is 7. The Balaban J connectivity index is 1.48. The van der Waals surface area contributed by atoms with Crippen molar-refractivity contribution in [2.75, 3.05) is 13.2 Å². The molecule has 1 spiro atoms. The number of carbonyl (C=O) groups excluding carboxylic acids is 3. The summed E-state index contributed by atoms with van der Waals surface area (Å²) in [5.74, 6) is -1.70. The molecular formula is C25H34N6O4S. The molecule has 0 saturated carbocycles. The van der Waals surface area contributed by atoms with E-state index in [-0.39, 0.29) is 31.0 Å². The highest BCUT2D eigenvalue weighted by atomic mass is 32.2. The van der Waals surface area contributed by atoms with Gasteiger partial charge in [0.15, 0.2) is 0 Å². The molecule has 3 aliphatic rings. The Kier molecular flexibility index (Phi) is 6.48. The van der Waals surface area contributed by atoms with Gasteiger partial charge in [0.1, 0.15) is 18.2 Å². The molecule has 4 heterocycles. The number of nitrogens with one attached hydrogen (secondary N) is 2. The van der Waals surface area contributed by atoms with Gasteiger partial charge in [0.05, 0.1) is 34.7 Å². The zero-order valence-corrected chi connectivity index (χ0v) is 21.8. The van der Waals surface area contributed by atoms with Gasteiger partial charge in [-0.2, -0.15) is 0 Å². The van der Waals surface area contributed by atoms with Gasteiger partial charge in [-0.15, -0.1) is 16.9 Å². The van der Waals surface area contributed by atoms with E-state index in [4.69, 9.17) is 0 Å². The first-order valence-electron chi connectivity index (χ1n) is 12.8. The molecule has 3 saturated heterocycles. The molecule has 3 N–H and O–H groups in total. The molecule has 6 atom stereocenters. The predicted molar refractivity (Wildman–Crippen MR) is 136 cm³/mol. The smallest absolute Gasteiger partial charge is 0.245 e. The van der Waals surface area contributed by atoms with Crippen LogP contribution in [0.1, 0.15) is 46.5 Å². The van der Waals surface area contributed by atoms with Crippen molar-refractivity contribution in [1.82, 2.24) is 30.5 Å². The Morgan fingerprint density at radius 3 is 2.72 bits per heavy atom. The third kappa shape index (κ3) is 3.61. The van der Waals surface area contributed by atoms with Crippen molar-refractivity contribution in [1.29, 1.82) is 0 Å². The van der Waals surface area contributed by atoms with Crippen LogP contribution < -0.4 is 10.6 Å². The summed E-state index contributed by atoms with van der Waals surface area (Å²) in [6.07, 6.45) is 2.75. The van der Waals surface area contributed by atoms with E-state index in [1.165, 1.54) is 0 Å². The quantitative estimate of drug-likeness (QED) is 0.460. The van der Waals surface area contributed by atoms with Crippen molar-refractivity contribution in [2.45, 2.75) is 74.7 Å². The zero-order valence-electron chi connectivity index (χ0n) is 20.9. The molecule has 0 radical (unpaired) electrons. The minimum absolute atomic E-state index is 0.108. The van der Waals surface area contributed by atoms with Gasteiger partial charge in [0.2, 0.25) is 17.7 Å². The Hall–Kier alpha value is -2.66. The number of rotatable bonds is 9. The molecule has 1 aromatic carbocycles. The lowest BCUT2D eigenvalue weighted by molar-refractivity contribution is -0.143. The van der Waals surface area contributed by atoms with E-state index < -0.39 is 33.4 Å². The average molecular weight is 515 g/mol. The van der Waals surface area contributed by atoms with Crippen molar-refractivity contribution in [2.24, 2.45) is 11.8 Å². The SMILES string of the molecule is CCCNC(=O)[C@H]1[C@H]2C(=O)N([C@@H](CC)CO)C(C(=O)NCn3nnc4ccccc43)C23CC[C@]1(C)S3. The highest BCUT2D eigenvalue weighted by Gasteiger charge is 2.77. The maximum absolute atomic E-state index is 14.0. The van der Waals surface area contributed by atoms with Gasteiger partial charge >= 0.3 is 0 Å². The van der Waals surface area contributed by atoms with E-state index in [9.17, 15) is 19.5 Å². The number of carbonyl (C=O) groups is 3. The van der Waals surface area contributed by atoms with Crippen LogP contribution in [0.2, 0.25) is 0 Å². The van der Waals surface area contributed by atoms with E-state index in [1.54, 1.807) is 21.3 Å². The summed E-state index contributed by atoms with van der Waals surface area (Å²) >= 11 is 1.63. The first-order chi connectivity index (χ1) is 17.3. The van der Waals surface area contributed by atoms with E-state index in [0.29, 0.717) is 19.4 Å². The van der Waals surface area contributed by atoms with Crippen LogP contribution in [-0.2, 0) is 21.1 Å². The molecule has 2 bridgehead atoms. The lowest BCUT2D eigenvalue weighted by Crippen LogP contribution is -2.56. The van der Waals surface area contributed by atoms with Gasteiger partial charge in [0, 0.05) is 11.3 Å². The molecule has 5 rings (SSSR count). The lowest BCUT2D eigenvalue weighted by atomic mass is 9.66. The fourth-order valence-corrected chi connectivity index (χ4v) is 8.86. The van der Waals surface area contributed by atoms with Crippen LogP contribution >= 0.6 is 11.8 Å². The van der Waals surface area contributed by atoms with Crippen LogP contribution in [0, 0.1) is 11.8 Å². The minimum Gasteiger partial charge on any atom is -0.394 e. The second-order valence-electron chi connectivity index (χ2n) is 10.3. The standard InChI is InChI=1S/C25H34N6O4S/c1-4-12-26-21(33)18-19-23(35)31(15(5-2)13-32)20(25(19)11-10-24(18,3)36-25)22(34)27-14-30-17-9-7-6-8-16(17)28-29-30/h6-9,15,18-20,32H,4-5,10-14H2,1-3H3,(H,26,33)(H,27,34)/t15-,18+,19-,20?,24-,25?/m0/s1. The van der Waals surface area contributed by atoms with Gasteiger partial charge in [-0.3, -0.25) is 14.4 Å². The average Bonchev–Trinajstić information content (AvgIpc) is 3.58. The first-order valence-corrected chi connectivity index (χ1v) is 13.6. The lowest BCUT2D eigenvalue weighted by Gasteiger charge is -2.36. The number of likely N-dealkylation sites (tertiary alicyclic amines) is 1.